The first kappa shape index (κ1) is 15.0. The Morgan fingerprint density at radius 1 is 1.25 bits per heavy atom. The number of ether oxygens (including phenoxy) is 1. The average molecular weight is 324 g/mol. The monoisotopic (exact) mass is 324 g/mol. The first-order valence-corrected chi connectivity index (χ1v) is 8.13. The van der Waals surface area contributed by atoms with E-state index in [4.69, 9.17) is 10.5 Å². The molecule has 0 amide bonds. The number of aromatic nitrogens is 3. The number of aromatic amines is 1. The highest BCUT2D eigenvalue weighted by Gasteiger charge is 2.37. The number of benzene rings is 1. The predicted molar refractivity (Wildman–Crippen MR) is 92.6 cm³/mol. The lowest BCUT2D eigenvalue weighted by Gasteiger charge is -2.39. The van der Waals surface area contributed by atoms with Gasteiger partial charge in [0.1, 0.15) is 11.6 Å². The molecule has 3 aromatic rings. The summed E-state index contributed by atoms with van der Waals surface area (Å²) in [6, 6.07) is 9.62. The van der Waals surface area contributed by atoms with Crippen LogP contribution in [-0.2, 0) is 0 Å². The van der Waals surface area contributed by atoms with E-state index in [9.17, 15) is 5.11 Å². The number of nitrogens with one attached hydrogen (secondary N) is 1. The molecule has 0 saturated heterocycles. The van der Waals surface area contributed by atoms with Crippen molar-refractivity contribution in [3.05, 3.63) is 36.5 Å². The van der Waals surface area contributed by atoms with E-state index in [1.54, 1.807) is 12.3 Å². The van der Waals surface area contributed by atoms with Gasteiger partial charge in [0.2, 0.25) is 0 Å². The molecule has 1 aliphatic rings. The van der Waals surface area contributed by atoms with Gasteiger partial charge in [-0.25, -0.2) is 4.98 Å². The summed E-state index contributed by atoms with van der Waals surface area (Å²) < 4.78 is 6.03. The topological polar surface area (TPSA) is 97.0 Å². The van der Waals surface area contributed by atoms with Crippen molar-refractivity contribution in [1.82, 2.24) is 15.2 Å². The highest BCUT2D eigenvalue weighted by Crippen LogP contribution is 2.41. The van der Waals surface area contributed by atoms with E-state index in [0.717, 1.165) is 41.4 Å². The van der Waals surface area contributed by atoms with Gasteiger partial charge in [-0.15, -0.1) is 0 Å². The SMILES string of the molecule is Nc1cc(OCC2(CO)CCC2)c2ccc(-c3ccn[nH]3)cc2n1. The van der Waals surface area contributed by atoms with E-state index in [2.05, 4.69) is 15.2 Å². The predicted octanol–water partition coefficient (Wildman–Crippen LogP) is 2.75. The molecule has 2 aromatic heterocycles. The van der Waals surface area contributed by atoms with Gasteiger partial charge in [0.25, 0.3) is 0 Å². The maximum Gasteiger partial charge on any atom is 0.132 e. The van der Waals surface area contributed by atoms with Crippen molar-refractivity contribution in [1.29, 1.82) is 0 Å². The number of fused-ring (bicyclic) bond motifs is 1. The smallest absolute Gasteiger partial charge is 0.132 e. The molecule has 1 saturated carbocycles. The van der Waals surface area contributed by atoms with Crippen LogP contribution in [0.15, 0.2) is 36.5 Å². The lowest BCUT2D eigenvalue weighted by atomic mass is 9.70. The van der Waals surface area contributed by atoms with E-state index < -0.39 is 0 Å². The minimum Gasteiger partial charge on any atom is -0.492 e. The van der Waals surface area contributed by atoms with Crippen molar-refractivity contribution in [2.45, 2.75) is 19.3 Å². The summed E-state index contributed by atoms with van der Waals surface area (Å²) in [5, 5.41) is 17.4. The van der Waals surface area contributed by atoms with Crippen molar-refractivity contribution in [2.24, 2.45) is 5.41 Å². The van der Waals surface area contributed by atoms with E-state index in [0.29, 0.717) is 18.2 Å². The van der Waals surface area contributed by atoms with Crippen molar-refractivity contribution in [2.75, 3.05) is 18.9 Å². The van der Waals surface area contributed by atoms with Gasteiger partial charge in [0.05, 0.1) is 24.4 Å². The van der Waals surface area contributed by atoms with Gasteiger partial charge >= 0.3 is 0 Å². The highest BCUT2D eigenvalue weighted by atomic mass is 16.5. The molecule has 0 unspecified atom stereocenters. The van der Waals surface area contributed by atoms with Gasteiger partial charge in [0.15, 0.2) is 0 Å². The molecule has 6 heteroatoms. The van der Waals surface area contributed by atoms with Gasteiger partial charge in [-0.1, -0.05) is 12.5 Å². The fourth-order valence-electron chi connectivity index (χ4n) is 3.18. The second-order valence-corrected chi connectivity index (χ2v) is 6.55. The van der Waals surface area contributed by atoms with Crippen molar-refractivity contribution in [3.63, 3.8) is 0 Å². The molecule has 1 aromatic carbocycles. The number of hydrogen-bond acceptors (Lipinski definition) is 5. The van der Waals surface area contributed by atoms with Crippen molar-refractivity contribution in [3.8, 4) is 17.0 Å². The molecule has 0 radical (unpaired) electrons. The summed E-state index contributed by atoms with van der Waals surface area (Å²) in [5.74, 6) is 1.14. The van der Waals surface area contributed by atoms with Crippen LogP contribution in [0, 0.1) is 5.41 Å². The lowest BCUT2D eigenvalue weighted by Crippen LogP contribution is -2.39. The third kappa shape index (κ3) is 2.59. The number of nitrogen functional groups attached to an aromatic ring is 1. The fourth-order valence-corrected chi connectivity index (χ4v) is 3.18. The number of H-pyrrole nitrogens is 1. The molecule has 24 heavy (non-hydrogen) atoms. The number of pyridine rings is 1. The molecule has 0 spiro atoms. The van der Waals surface area contributed by atoms with Crippen molar-refractivity contribution >= 4 is 16.7 Å². The van der Waals surface area contributed by atoms with E-state index in [-0.39, 0.29) is 12.0 Å². The summed E-state index contributed by atoms with van der Waals surface area (Å²) in [5.41, 5.74) is 8.56. The first-order valence-electron chi connectivity index (χ1n) is 8.13. The van der Waals surface area contributed by atoms with Crippen LogP contribution in [0.3, 0.4) is 0 Å². The third-order valence-electron chi connectivity index (χ3n) is 4.89. The summed E-state index contributed by atoms with van der Waals surface area (Å²) in [6.45, 7) is 0.666. The van der Waals surface area contributed by atoms with Crippen LogP contribution in [-0.4, -0.2) is 33.5 Å². The zero-order valence-corrected chi connectivity index (χ0v) is 13.3. The highest BCUT2D eigenvalue weighted by molar-refractivity contribution is 5.89. The summed E-state index contributed by atoms with van der Waals surface area (Å²) in [6.07, 6.45) is 4.88. The molecule has 6 nitrogen and oxygen atoms in total. The standard InChI is InChI=1S/C18H20N4O2/c19-17-9-16(24-11-18(10-23)5-1-6-18)13-3-2-12(8-15(13)21-17)14-4-7-20-22-14/h2-4,7-9,23H,1,5-6,10-11H2,(H2,19,21)(H,20,22). The third-order valence-corrected chi connectivity index (χ3v) is 4.89. The molecular weight excluding hydrogens is 304 g/mol. The molecular formula is C18H20N4O2. The zero-order valence-electron chi connectivity index (χ0n) is 13.3. The minimum absolute atomic E-state index is 0.0970. The molecule has 1 fully saturated rings. The van der Waals surface area contributed by atoms with Crippen LogP contribution < -0.4 is 10.5 Å². The molecule has 0 atom stereocenters. The number of aliphatic hydroxyl groups excluding tert-OH is 1. The van der Waals surface area contributed by atoms with Gasteiger partial charge < -0.3 is 15.6 Å². The van der Waals surface area contributed by atoms with Crippen LogP contribution in [0.4, 0.5) is 5.82 Å². The molecule has 0 aliphatic heterocycles. The summed E-state index contributed by atoms with van der Waals surface area (Å²) >= 11 is 0. The zero-order chi connectivity index (χ0) is 16.6. The maximum atomic E-state index is 9.60. The lowest BCUT2D eigenvalue weighted by molar-refractivity contribution is 0.000553. The van der Waals surface area contributed by atoms with E-state index >= 15 is 0 Å². The van der Waals surface area contributed by atoms with Gasteiger partial charge in [-0.3, -0.25) is 5.10 Å². The number of rotatable bonds is 5. The number of anilines is 1. The molecule has 1 aliphatic carbocycles. The average Bonchev–Trinajstić information content (AvgIpc) is 3.08. The fraction of sp³-hybridized carbons (Fsp3) is 0.333. The van der Waals surface area contributed by atoms with E-state index in [1.165, 1.54) is 0 Å². The van der Waals surface area contributed by atoms with Crippen LogP contribution >= 0.6 is 0 Å². The number of hydrogen-bond donors (Lipinski definition) is 3. The Kier molecular flexibility index (Phi) is 3.61. The second kappa shape index (κ2) is 5.79. The van der Waals surface area contributed by atoms with Crippen molar-refractivity contribution < 1.29 is 9.84 Å². The number of nitrogens with two attached hydrogens (primary N) is 1. The Labute approximate surface area is 139 Å². The quantitative estimate of drug-likeness (QED) is 0.670. The van der Waals surface area contributed by atoms with Crippen LogP contribution in [0.2, 0.25) is 0 Å². The Balaban J connectivity index is 1.68. The Morgan fingerprint density at radius 2 is 2.12 bits per heavy atom. The normalized spacial score (nSPS) is 16.0. The van der Waals surface area contributed by atoms with Gasteiger partial charge in [-0.05, 0) is 31.0 Å². The minimum atomic E-state index is -0.0970. The number of nitrogens with zero attached hydrogens (tertiary/aromatic N) is 2. The Hall–Kier alpha value is -2.60. The maximum absolute atomic E-state index is 9.60. The summed E-state index contributed by atoms with van der Waals surface area (Å²) in [7, 11) is 0. The van der Waals surface area contributed by atoms with Gasteiger partial charge in [-0.2, -0.15) is 5.10 Å². The van der Waals surface area contributed by atoms with Crippen LogP contribution in [0.25, 0.3) is 22.2 Å². The second-order valence-electron chi connectivity index (χ2n) is 6.55. The molecule has 4 N–H and O–H groups in total. The Morgan fingerprint density at radius 3 is 2.79 bits per heavy atom. The van der Waals surface area contributed by atoms with Crippen LogP contribution in [0.5, 0.6) is 5.75 Å². The molecule has 2 heterocycles. The largest absolute Gasteiger partial charge is 0.492 e. The molecule has 0 bridgehead atoms. The first-order chi connectivity index (χ1) is 11.7. The summed E-state index contributed by atoms with van der Waals surface area (Å²) in [4.78, 5) is 4.42. The Bertz CT molecular complexity index is 851. The van der Waals surface area contributed by atoms with Crippen LogP contribution in [0.1, 0.15) is 19.3 Å². The molecule has 4 rings (SSSR count). The molecule has 124 valence electrons. The van der Waals surface area contributed by atoms with Gasteiger partial charge in [0, 0.05) is 28.6 Å². The number of aliphatic hydroxyl groups is 1. The van der Waals surface area contributed by atoms with E-state index in [1.807, 2.05) is 24.3 Å².